The summed E-state index contributed by atoms with van der Waals surface area (Å²) in [5, 5.41) is 0. The van der Waals surface area contributed by atoms with Gasteiger partial charge in [0.25, 0.3) is 0 Å². The maximum absolute atomic E-state index is 3.83. The highest BCUT2D eigenvalue weighted by atomic mass is 14.0. The van der Waals surface area contributed by atoms with Gasteiger partial charge in [0.15, 0.2) is 0 Å². The predicted octanol–water partition coefficient (Wildman–Crippen LogP) is 3.54. The van der Waals surface area contributed by atoms with E-state index in [0.717, 1.165) is 6.42 Å². The Kier molecular flexibility index (Phi) is 3.86. The maximum Gasteiger partial charge on any atom is -0.0279 e. The van der Waals surface area contributed by atoms with E-state index in [1.54, 1.807) is 0 Å². The van der Waals surface area contributed by atoms with E-state index >= 15 is 0 Å². The number of aryl methyl sites for hydroxylation is 2. The summed E-state index contributed by atoms with van der Waals surface area (Å²) in [4.78, 5) is 0. The van der Waals surface area contributed by atoms with E-state index in [9.17, 15) is 0 Å². The third-order valence-corrected chi connectivity index (χ3v) is 2.09. The second kappa shape index (κ2) is 4.97. The second-order valence-corrected chi connectivity index (χ2v) is 3.30. The SMILES string of the molecule is [CH2]CCCCc1ccc(C)cc1. The molecule has 0 spiro atoms. The lowest BCUT2D eigenvalue weighted by Crippen LogP contribution is -1.84. The Hall–Kier alpha value is -0.780. The molecule has 0 aliphatic rings. The van der Waals surface area contributed by atoms with Crippen molar-refractivity contribution in [3.63, 3.8) is 0 Å². The fraction of sp³-hybridized carbons (Fsp3) is 0.417. The molecule has 0 fully saturated rings. The molecule has 0 aliphatic heterocycles. The summed E-state index contributed by atoms with van der Waals surface area (Å²) >= 11 is 0. The van der Waals surface area contributed by atoms with Gasteiger partial charge in [-0.05, 0) is 25.3 Å². The predicted molar refractivity (Wildman–Crippen MR) is 54.1 cm³/mol. The minimum atomic E-state index is 1.06. The zero-order valence-electron chi connectivity index (χ0n) is 7.84. The highest BCUT2D eigenvalue weighted by Gasteiger charge is 1.91. The average molecular weight is 161 g/mol. The largest absolute Gasteiger partial charge is 0.0591 e. The van der Waals surface area contributed by atoms with Crippen molar-refractivity contribution in [1.82, 2.24) is 0 Å². The van der Waals surface area contributed by atoms with Gasteiger partial charge in [-0.1, -0.05) is 49.6 Å². The molecule has 1 aromatic carbocycles. The van der Waals surface area contributed by atoms with Crippen molar-refractivity contribution in [3.8, 4) is 0 Å². The van der Waals surface area contributed by atoms with Crippen molar-refractivity contribution in [2.75, 3.05) is 0 Å². The number of hydrogen-bond acceptors (Lipinski definition) is 0. The van der Waals surface area contributed by atoms with Crippen molar-refractivity contribution >= 4 is 0 Å². The summed E-state index contributed by atoms with van der Waals surface area (Å²) in [6, 6.07) is 8.80. The molecule has 1 aromatic rings. The van der Waals surface area contributed by atoms with Crippen molar-refractivity contribution in [2.45, 2.75) is 32.6 Å². The molecule has 0 N–H and O–H groups in total. The van der Waals surface area contributed by atoms with Gasteiger partial charge < -0.3 is 0 Å². The van der Waals surface area contributed by atoms with Gasteiger partial charge in [0, 0.05) is 0 Å². The normalized spacial score (nSPS) is 10.2. The van der Waals surface area contributed by atoms with Crippen LogP contribution in [0.1, 0.15) is 30.4 Å². The van der Waals surface area contributed by atoms with E-state index in [4.69, 9.17) is 0 Å². The van der Waals surface area contributed by atoms with E-state index in [0.29, 0.717) is 0 Å². The molecular weight excluding hydrogens is 144 g/mol. The first-order valence-electron chi connectivity index (χ1n) is 4.67. The first-order valence-corrected chi connectivity index (χ1v) is 4.67. The standard InChI is InChI=1S/C12H17/c1-3-4-5-6-12-9-7-11(2)8-10-12/h7-10H,1,3-6H2,2H3. The van der Waals surface area contributed by atoms with Gasteiger partial charge in [-0.15, -0.1) is 0 Å². The molecule has 0 nitrogen and oxygen atoms in total. The number of benzene rings is 1. The maximum atomic E-state index is 3.83. The molecule has 1 radical (unpaired) electrons. The highest BCUT2D eigenvalue weighted by molar-refractivity contribution is 5.21. The van der Waals surface area contributed by atoms with Crippen LogP contribution >= 0.6 is 0 Å². The van der Waals surface area contributed by atoms with Crippen LogP contribution in [0.2, 0.25) is 0 Å². The van der Waals surface area contributed by atoms with Gasteiger partial charge >= 0.3 is 0 Å². The Balaban J connectivity index is 2.37. The van der Waals surface area contributed by atoms with Crippen molar-refractivity contribution in [1.29, 1.82) is 0 Å². The summed E-state index contributed by atoms with van der Waals surface area (Å²) in [5.41, 5.74) is 2.80. The first kappa shape index (κ1) is 9.31. The number of unbranched alkanes of at least 4 members (excludes halogenated alkanes) is 2. The van der Waals surface area contributed by atoms with Gasteiger partial charge in [0.1, 0.15) is 0 Å². The lowest BCUT2D eigenvalue weighted by molar-refractivity contribution is 0.746. The van der Waals surface area contributed by atoms with Crippen LogP contribution < -0.4 is 0 Å². The summed E-state index contributed by atoms with van der Waals surface area (Å²) in [6.45, 7) is 5.96. The summed E-state index contributed by atoms with van der Waals surface area (Å²) in [6.07, 6.45) is 4.78. The van der Waals surface area contributed by atoms with Gasteiger partial charge in [0.2, 0.25) is 0 Å². The second-order valence-electron chi connectivity index (χ2n) is 3.30. The Labute approximate surface area is 75.6 Å². The number of rotatable bonds is 4. The molecule has 1 rings (SSSR count). The van der Waals surface area contributed by atoms with Crippen LogP contribution in [-0.4, -0.2) is 0 Å². The van der Waals surface area contributed by atoms with Crippen molar-refractivity contribution < 1.29 is 0 Å². The summed E-state index contributed by atoms with van der Waals surface area (Å²) < 4.78 is 0. The smallest absolute Gasteiger partial charge is 0.0279 e. The zero-order valence-corrected chi connectivity index (χ0v) is 7.84. The van der Waals surface area contributed by atoms with E-state index in [1.165, 1.54) is 30.4 Å². The Morgan fingerprint density at radius 3 is 2.33 bits per heavy atom. The summed E-state index contributed by atoms with van der Waals surface area (Å²) in [5.74, 6) is 0. The van der Waals surface area contributed by atoms with Gasteiger partial charge in [-0.25, -0.2) is 0 Å². The van der Waals surface area contributed by atoms with E-state index in [-0.39, 0.29) is 0 Å². The van der Waals surface area contributed by atoms with Crippen LogP contribution in [-0.2, 0) is 6.42 Å². The van der Waals surface area contributed by atoms with Crippen LogP contribution in [0.4, 0.5) is 0 Å². The average Bonchev–Trinajstić information content (AvgIpc) is 2.09. The Morgan fingerprint density at radius 1 is 1.08 bits per heavy atom. The molecule has 0 atom stereocenters. The molecule has 0 amide bonds. The minimum absolute atomic E-state index is 1.06. The van der Waals surface area contributed by atoms with Gasteiger partial charge in [0.05, 0.1) is 0 Å². The van der Waals surface area contributed by atoms with Crippen molar-refractivity contribution in [3.05, 3.63) is 42.3 Å². The van der Waals surface area contributed by atoms with Gasteiger partial charge in [-0.3, -0.25) is 0 Å². The third-order valence-electron chi connectivity index (χ3n) is 2.09. The quantitative estimate of drug-likeness (QED) is 0.592. The lowest BCUT2D eigenvalue weighted by atomic mass is 10.1. The molecule has 0 unspecified atom stereocenters. The lowest BCUT2D eigenvalue weighted by Gasteiger charge is -2.00. The molecule has 0 aliphatic carbocycles. The van der Waals surface area contributed by atoms with Crippen LogP contribution in [0.3, 0.4) is 0 Å². The molecule has 0 heteroatoms. The molecule has 0 bridgehead atoms. The van der Waals surface area contributed by atoms with Crippen LogP contribution in [0, 0.1) is 13.8 Å². The molecule has 0 aromatic heterocycles. The third kappa shape index (κ3) is 3.08. The molecule has 0 heterocycles. The van der Waals surface area contributed by atoms with Crippen molar-refractivity contribution in [2.24, 2.45) is 0 Å². The molecule has 65 valence electrons. The Morgan fingerprint density at radius 2 is 1.75 bits per heavy atom. The molecule has 12 heavy (non-hydrogen) atoms. The fourth-order valence-corrected chi connectivity index (χ4v) is 1.26. The highest BCUT2D eigenvalue weighted by Crippen LogP contribution is 2.07. The first-order chi connectivity index (χ1) is 5.83. The van der Waals surface area contributed by atoms with E-state index < -0.39 is 0 Å². The van der Waals surface area contributed by atoms with Crippen LogP contribution in [0.15, 0.2) is 24.3 Å². The molecular formula is C12H17. The molecule has 0 saturated heterocycles. The van der Waals surface area contributed by atoms with Gasteiger partial charge in [-0.2, -0.15) is 0 Å². The zero-order chi connectivity index (χ0) is 8.81. The van der Waals surface area contributed by atoms with Crippen LogP contribution in [0.25, 0.3) is 0 Å². The summed E-state index contributed by atoms with van der Waals surface area (Å²) in [7, 11) is 0. The Bertz CT molecular complexity index is 208. The minimum Gasteiger partial charge on any atom is -0.0591 e. The fourth-order valence-electron chi connectivity index (χ4n) is 1.26. The van der Waals surface area contributed by atoms with Crippen LogP contribution in [0.5, 0.6) is 0 Å². The number of hydrogen-bond donors (Lipinski definition) is 0. The monoisotopic (exact) mass is 161 g/mol. The van der Waals surface area contributed by atoms with E-state index in [2.05, 4.69) is 38.1 Å². The topological polar surface area (TPSA) is 0 Å². The molecule has 0 saturated carbocycles. The van der Waals surface area contributed by atoms with E-state index in [1.807, 2.05) is 0 Å².